The van der Waals surface area contributed by atoms with Crippen molar-refractivity contribution in [2.24, 2.45) is 0 Å². The van der Waals surface area contributed by atoms with Crippen molar-refractivity contribution in [3.8, 4) is 0 Å². The lowest BCUT2D eigenvalue weighted by Crippen LogP contribution is -1.74. The first kappa shape index (κ1) is 23.6. The van der Waals surface area contributed by atoms with E-state index in [4.69, 9.17) is 0 Å². The molecule has 0 saturated carbocycles. The van der Waals surface area contributed by atoms with Gasteiger partial charge in [-0.05, 0) is 38.2 Å². The van der Waals surface area contributed by atoms with Crippen molar-refractivity contribution < 1.29 is 4.57 Å². The fraction of sp³-hybridized carbons (Fsp3) is 0.333. The third kappa shape index (κ3) is 11.6. The van der Waals surface area contributed by atoms with Crippen LogP contribution in [0.15, 0.2) is 72.4 Å². The van der Waals surface area contributed by atoms with Gasteiger partial charge in [-0.25, -0.2) is 0 Å². The number of allylic oxidation sites excluding steroid dienone is 10. The first-order chi connectivity index (χ1) is 9.71. The standard InChI is InChI=1S/C14H18OP.2C2H6/c1-5-9-12-13(8-4)16(15)14(10-6-2)11-7-3;2*1-2/h5-12H,2,4H2,1,3H3;2*1-2H3/q+1;;/b9-5-,11-7-,13-12+,14-10+;;. The van der Waals surface area contributed by atoms with E-state index in [1.165, 1.54) is 0 Å². The number of hydrogen-bond acceptors (Lipinski definition) is 1. The summed E-state index contributed by atoms with van der Waals surface area (Å²) in [6.45, 7) is 19.1. The fourth-order valence-electron chi connectivity index (χ4n) is 1.04. The maximum atomic E-state index is 12.2. The van der Waals surface area contributed by atoms with E-state index in [9.17, 15) is 4.57 Å². The Hall–Kier alpha value is -1.46. The molecule has 0 aliphatic carbocycles. The van der Waals surface area contributed by atoms with Gasteiger partial charge < -0.3 is 0 Å². The van der Waals surface area contributed by atoms with E-state index < -0.39 is 7.80 Å². The van der Waals surface area contributed by atoms with E-state index in [0.717, 1.165) is 10.6 Å². The molecule has 0 saturated heterocycles. The zero-order valence-electron chi connectivity index (χ0n) is 13.9. The molecule has 0 amide bonds. The molecule has 0 radical (unpaired) electrons. The van der Waals surface area contributed by atoms with Gasteiger partial charge in [0.1, 0.15) is 0 Å². The molecule has 0 spiro atoms. The van der Waals surface area contributed by atoms with Gasteiger partial charge in [-0.3, -0.25) is 0 Å². The summed E-state index contributed by atoms with van der Waals surface area (Å²) in [5, 5.41) is 1.47. The minimum atomic E-state index is -1.59. The van der Waals surface area contributed by atoms with Gasteiger partial charge >= 0.3 is 7.80 Å². The minimum absolute atomic E-state index is 0.722. The Balaban J connectivity index is -0.000000656. The van der Waals surface area contributed by atoms with E-state index in [2.05, 4.69) is 13.2 Å². The molecule has 0 aliphatic heterocycles. The van der Waals surface area contributed by atoms with Crippen molar-refractivity contribution in [1.82, 2.24) is 0 Å². The summed E-state index contributed by atoms with van der Waals surface area (Å²) in [5.74, 6) is 0. The first-order valence-electron chi connectivity index (χ1n) is 7.09. The van der Waals surface area contributed by atoms with Crippen LogP contribution in [0.2, 0.25) is 0 Å². The monoisotopic (exact) mass is 293 g/mol. The van der Waals surface area contributed by atoms with Crippen molar-refractivity contribution >= 4 is 7.80 Å². The van der Waals surface area contributed by atoms with Gasteiger partial charge in [0.25, 0.3) is 0 Å². The smallest absolute Gasteiger partial charge is 0.0989 e. The highest BCUT2D eigenvalue weighted by Crippen LogP contribution is 2.42. The lowest BCUT2D eigenvalue weighted by molar-refractivity contribution is 0.595. The molecule has 0 aromatic rings. The van der Waals surface area contributed by atoms with Crippen molar-refractivity contribution in [2.75, 3.05) is 0 Å². The van der Waals surface area contributed by atoms with Gasteiger partial charge in [-0.1, -0.05) is 69.7 Å². The summed E-state index contributed by atoms with van der Waals surface area (Å²) >= 11 is 0. The summed E-state index contributed by atoms with van der Waals surface area (Å²) in [7, 11) is -1.59. The predicted molar refractivity (Wildman–Crippen MR) is 96.5 cm³/mol. The molecule has 2 heteroatoms. The molecule has 0 heterocycles. The van der Waals surface area contributed by atoms with Crippen molar-refractivity contribution in [3.05, 3.63) is 72.4 Å². The summed E-state index contributed by atoms with van der Waals surface area (Å²) in [6, 6.07) is 0. The largest absolute Gasteiger partial charge is 0.415 e. The van der Waals surface area contributed by atoms with Crippen LogP contribution in [-0.4, -0.2) is 0 Å². The second kappa shape index (κ2) is 19.9. The zero-order chi connectivity index (χ0) is 16.4. The molecule has 20 heavy (non-hydrogen) atoms. The molecule has 112 valence electrons. The molecule has 0 bridgehead atoms. The van der Waals surface area contributed by atoms with E-state index in [-0.39, 0.29) is 0 Å². The fourth-order valence-corrected chi connectivity index (χ4v) is 2.26. The maximum Gasteiger partial charge on any atom is 0.415 e. The normalized spacial score (nSPS) is 12.2. The van der Waals surface area contributed by atoms with Gasteiger partial charge in [0.05, 0.1) is 0 Å². The Morgan fingerprint density at radius 3 is 1.80 bits per heavy atom. The van der Waals surface area contributed by atoms with Crippen LogP contribution in [0.5, 0.6) is 0 Å². The molecule has 0 aliphatic rings. The Morgan fingerprint density at radius 2 is 1.45 bits per heavy atom. The molecule has 1 atom stereocenters. The summed E-state index contributed by atoms with van der Waals surface area (Å²) in [5.41, 5.74) is 0. The van der Waals surface area contributed by atoms with Gasteiger partial charge in [0.15, 0.2) is 10.6 Å². The topological polar surface area (TPSA) is 17.1 Å². The van der Waals surface area contributed by atoms with Gasteiger partial charge in [0.2, 0.25) is 0 Å². The zero-order valence-corrected chi connectivity index (χ0v) is 14.8. The molecule has 0 fully saturated rings. The summed E-state index contributed by atoms with van der Waals surface area (Å²) < 4.78 is 12.2. The van der Waals surface area contributed by atoms with Crippen molar-refractivity contribution in [3.63, 3.8) is 0 Å². The van der Waals surface area contributed by atoms with E-state index >= 15 is 0 Å². The SMILES string of the molecule is C=C/C=C(\C=C/C)[P+](=O)/C(C=C)=C/C=C\C.CC.CC. The number of hydrogen-bond donors (Lipinski definition) is 0. The van der Waals surface area contributed by atoms with Gasteiger partial charge in [-0.2, -0.15) is 0 Å². The van der Waals surface area contributed by atoms with Crippen molar-refractivity contribution in [1.29, 1.82) is 0 Å². The molecular formula is C18H30OP+. The van der Waals surface area contributed by atoms with Gasteiger partial charge in [0, 0.05) is 0 Å². The van der Waals surface area contributed by atoms with Crippen LogP contribution in [0.1, 0.15) is 41.5 Å². The second-order valence-electron chi connectivity index (χ2n) is 2.94. The average molecular weight is 293 g/mol. The molecular weight excluding hydrogens is 263 g/mol. The highest BCUT2D eigenvalue weighted by molar-refractivity contribution is 7.54. The van der Waals surface area contributed by atoms with E-state index in [1.807, 2.05) is 71.9 Å². The van der Waals surface area contributed by atoms with Crippen LogP contribution in [0.3, 0.4) is 0 Å². The molecule has 1 unspecified atom stereocenters. The molecule has 1 nitrogen and oxygen atoms in total. The first-order valence-corrected chi connectivity index (χ1v) is 8.35. The minimum Gasteiger partial charge on any atom is -0.0989 e. The highest BCUT2D eigenvalue weighted by atomic mass is 31.1. The lowest BCUT2D eigenvalue weighted by atomic mass is 10.4. The Morgan fingerprint density at radius 1 is 0.900 bits per heavy atom. The maximum absolute atomic E-state index is 12.2. The predicted octanol–water partition coefficient (Wildman–Crippen LogP) is 7.16. The van der Waals surface area contributed by atoms with Crippen LogP contribution in [0.4, 0.5) is 0 Å². The van der Waals surface area contributed by atoms with Gasteiger partial charge in [-0.15, -0.1) is 0 Å². The second-order valence-corrected chi connectivity index (χ2v) is 4.56. The van der Waals surface area contributed by atoms with Crippen molar-refractivity contribution in [2.45, 2.75) is 41.5 Å². The van der Waals surface area contributed by atoms with Crippen LogP contribution in [0, 0.1) is 0 Å². The summed E-state index contributed by atoms with van der Waals surface area (Å²) in [6.07, 6.45) is 14.3. The third-order valence-electron chi connectivity index (χ3n) is 1.76. The third-order valence-corrected chi connectivity index (χ3v) is 3.33. The van der Waals surface area contributed by atoms with E-state index in [1.54, 1.807) is 18.2 Å². The Kier molecular flexibility index (Phi) is 23.5. The molecule has 0 aromatic heterocycles. The highest BCUT2D eigenvalue weighted by Gasteiger charge is 2.24. The Labute approximate surface area is 127 Å². The van der Waals surface area contributed by atoms with Crippen LogP contribution in [-0.2, 0) is 4.57 Å². The molecule has 0 N–H and O–H groups in total. The average Bonchev–Trinajstić information content (AvgIpc) is 2.51. The Bertz CT molecular complexity index is 382. The summed E-state index contributed by atoms with van der Waals surface area (Å²) in [4.78, 5) is 0. The van der Waals surface area contributed by atoms with E-state index in [0.29, 0.717) is 0 Å². The van der Waals surface area contributed by atoms with Crippen LogP contribution >= 0.6 is 7.80 Å². The lowest BCUT2D eigenvalue weighted by Gasteiger charge is -1.88. The molecule has 0 rings (SSSR count). The molecule has 0 aromatic carbocycles. The van der Waals surface area contributed by atoms with Crippen LogP contribution < -0.4 is 0 Å². The number of rotatable bonds is 6. The quantitative estimate of drug-likeness (QED) is 0.375. The van der Waals surface area contributed by atoms with Crippen LogP contribution in [0.25, 0.3) is 0 Å².